The third kappa shape index (κ3) is 6.46. The van der Waals surface area contributed by atoms with Gasteiger partial charge in [0.1, 0.15) is 0 Å². The Bertz CT molecular complexity index is 1370. The van der Waals surface area contributed by atoms with Gasteiger partial charge in [0, 0.05) is 69.6 Å². The van der Waals surface area contributed by atoms with Crippen molar-refractivity contribution >= 4 is 76.9 Å². The van der Waals surface area contributed by atoms with E-state index in [1.54, 1.807) is 0 Å². The molecule has 0 bridgehead atoms. The molecule has 1 N–H and O–H groups in total. The fraction of sp³-hybridized carbons (Fsp3) is 0.0769. The van der Waals surface area contributed by atoms with Crippen LogP contribution in [0.5, 0.6) is 0 Å². The average Bonchev–Trinajstić information content (AvgIpc) is 2.78. The Morgan fingerprint density at radius 2 is 1.40 bits per heavy atom. The number of benzene rings is 4. The summed E-state index contributed by atoms with van der Waals surface area (Å²) < 4.78 is 17.1. The quantitative estimate of drug-likeness (QED) is 0.192. The van der Waals surface area contributed by atoms with E-state index in [-0.39, 0.29) is 71.6 Å². The third-order valence-electron chi connectivity index (χ3n) is 5.40. The fourth-order valence-electron chi connectivity index (χ4n) is 4.01. The molecule has 5 rings (SSSR count). The molecular weight excluding hydrogens is 499 g/mol. The Labute approximate surface area is 254 Å². The van der Waals surface area contributed by atoms with Crippen LogP contribution in [0.2, 0.25) is 0 Å². The summed E-state index contributed by atoms with van der Waals surface area (Å²) in [5.41, 5.74) is 4.11. The van der Waals surface area contributed by atoms with Gasteiger partial charge in [0.25, 0.3) is 0 Å². The first-order chi connectivity index (χ1) is 15.4. The number of thioether (sulfide) groups is 1. The van der Waals surface area contributed by atoms with Gasteiger partial charge in [0.05, 0.1) is 0 Å². The van der Waals surface area contributed by atoms with E-state index in [1.165, 1.54) is 11.8 Å². The Kier molecular flexibility index (Phi) is 10.8. The SMILES string of the molecule is C.CN1c2ccccc2C(=C(OP(=O)([O-])O)Sc2ccc3ccccc3c2)c2ccccc21.[Na+].[Na]. The van der Waals surface area contributed by atoms with Crippen molar-refractivity contribution in [2.24, 2.45) is 0 Å². The van der Waals surface area contributed by atoms with Gasteiger partial charge in [0.2, 0.25) is 0 Å². The van der Waals surface area contributed by atoms with Crippen LogP contribution in [-0.4, -0.2) is 41.5 Å². The zero-order chi connectivity index (χ0) is 22.3. The van der Waals surface area contributed by atoms with E-state index in [4.69, 9.17) is 4.52 Å². The molecule has 35 heavy (non-hydrogen) atoms. The summed E-state index contributed by atoms with van der Waals surface area (Å²) in [5.74, 6) is 0. The third-order valence-corrected chi connectivity index (χ3v) is 6.90. The summed E-state index contributed by atoms with van der Waals surface area (Å²) in [6.07, 6.45) is 0. The summed E-state index contributed by atoms with van der Waals surface area (Å²) in [4.78, 5) is 24.4. The van der Waals surface area contributed by atoms with Gasteiger partial charge in [-0.2, -0.15) is 0 Å². The molecule has 4 aromatic carbocycles. The van der Waals surface area contributed by atoms with Gasteiger partial charge >= 0.3 is 37.4 Å². The largest absolute Gasteiger partial charge is 1.00 e. The van der Waals surface area contributed by atoms with Gasteiger partial charge < -0.3 is 19.2 Å². The van der Waals surface area contributed by atoms with Crippen molar-refractivity contribution in [3.8, 4) is 0 Å². The molecule has 1 atom stereocenters. The maximum absolute atomic E-state index is 11.9. The van der Waals surface area contributed by atoms with E-state index in [0.717, 1.165) is 38.2 Å². The van der Waals surface area contributed by atoms with E-state index in [9.17, 15) is 14.4 Å². The molecule has 1 aliphatic heterocycles. The number of nitrogens with zero attached hydrogens (tertiary/aromatic N) is 1. The van der Waals surface area contributed by atoms with Crippen molar-refractivity contribution in [2.75, 3.05) is 11.9 Å². The molecule has 0 fully saturated rings. The molecular formula is C26H23NNa2O4PS. The second kappa shape index (κ2) is 12.5. The molecule has 1 radical (unpaired) electrons. The first-order valence-electron chi connectivity index (χ1n) is 9.97. The summed E-state index contributed by atoms with van der Waals surface area (Å²) >= 11 is 1.17. The monoisotopic (exact) mass is 522 g/mol. The van der Waals surface area contributed by atoms with Gasteiger partial charge in [-0.1, -0.05) is 85.9 Å². The van der Waals surface area contributed by atoms with Crippen LogP contribution in [0.15, 0.2) is 101 Å². The second-order valence-corrected chi connectivity index (χ2v) is 9.59. The van der Waals surface area contributed by atoms with Crippen LogP contribution in [0.1, 0.15) is 18.6 Å². The summed E-state index contributed by atoms with van der Waals surface area (Å²) in [6.45, 7) is 0. The van der Waals surface area contributed by atoms with Gasteiger partial charge in [-0.3, -0.25) is 4.57 Å². The smallest absolute Gasteiger partial charge is 0.746 e. The zero-order valence-electron chi connectivity index (χ0n) is 19.1. The van der Waals surface area contributed by atoms with E-state index in [2.05, 4.69) is 4.90 Å². The predicted molar refractivity (Wildman–Crippen MR) is 140 cm³/mol. The molecule has 0 amide bonds. The fourth-order valence-corrected chi connectivity index (χ4v) is 5.60. The van der Waals surface area contributed by atoms with Crippen molar-refractivity contribution in [1.82, 2.24) is 0 Å². The molecule has 9 heteroatoms. The standard InChI is InChI=1S/C25H20NO4PS.CH4.2Na/c1-26-22-12-6-4-10-20(22)24(21-11-5-7-13-23(21)26)25(30-31(27,28)29)32-19-15-14-17-8-2-3-9-18(17)16-19;;;/h2-16H,1H3,(H2,27,28,29);1H4;;/q;;;+1/p-1. The number of hydrogen-bond acceptors (Lipinski definition) is 5. The van der Waals surface area contributed by atoms with Crippen molar-refractivity contribution in [1.29, 1.82) is 0 Å². The van der Waals surface area contributed by atoms with E-state index in [0.29, 0.717) is 5.57 Å². The predicted octanol–water partition coefficient (Wildman–Crippen LogP) is 3.17. The van der Waals surface area contributed by atoms with Crippen LogP contribution >= 0.6 is 19.6 Å². The number of anilines is 2. The molecule has 5 nitrogen and oxygen atoms in total. The molecule has 0 spiro atoms. The molecule has 0 saturated carbocycles. The van der Waals surface area contributed by atoms with E-state index in [1.807, 2.05) is 98.0 Å². The topological polar surface area (TPSA) is 72.8 Å². The van der Waals surface area contributed by atoms with Gasteiger partial charge in [-0.15, -0.1) is 0 Å². The van der Waals surface area contributed by atoms with Crippen LogP contribution in [0.3, 0.4) is 0 Å². The van der Waals surface area contributed by atoms with Crippen LogP contribution in [0.4, 0.5) is 11.4 Å². The number of phosphoric ester groups is 1. The molecule has 169 valence electrons. The minimum atomic E-state index is -5.05. The Morgan fingerprint density at radius 1 is 0.886 bits per heavy atom. The first-order valence-corrected chi connectivity index (χ1v) is 12.3. The van der Waals surface area contributed by atoms with Crippen LogP contribution in [-0.2, 0) is 9.09 Å². The summed E-state index contributed by atoms with van der Waals surface area (Å²) in [5, 5.41) is 2.22. The number of phosphoric acid groups is 1. The second-order valence-electron chi connectivity index (χ2n) is 7.43. The average molecular weight is 522 g/mol. The molecule has 0 aliphatic carbocycles. The van der Waals surface area contributed by atoms with Gasteiger partial charge in [-0.05, 0) is 35.0 Å². The summed E-state index contributed by atoms with van der Waals surface area (Å²) in [7, 11) is -3.09. The molecule has 1 aliphatic rings. The minimum absolute atomic E-state index is 0. The molecule has 1 unspecified atom stereocenters. The summed E-state index contributed by atoms with van der Waals surface area (Å²) in [6, 6.07) is 29.3. The van der Waals surface area contributed by atoms with Crippen LogP contribution in [0.25, 0.3) is 16.3 Å². The van der Waals surface area contributed by atoms with E-state index < -0.39 is 7.82 Å². The zero-order valence-corrected chi connectivity index (χ0v) is 24.8. The van der Waals surface area contributed by atoms with Crippen molar-refractivity contribution in [2.45, 2.75) is 12.3 Å². The minimum Gasteiger partial charge on any atom is -0.746 e. The van der Waals surface area contributed by atoms with Crippen LogP contribution < -0.4 is 39.4 Å². The number of hydrogen-bond donors (Lipinski definition) is 1. The number of rotatable bonds is 4. The van der Waals surface area contributed by atoms with Crippen molar-refractivity contribution < 1.29 is 48.4 Å². The van der Waals surface area contributed by atoms with Crippen LogP contribution in [0, 0.1) is 0 Å². The van der Waals surface area contributed by atoms with Crippen molar-refractivity contribution in [3.63, 3.8) is 0 Å². The van der Waals surface area contributed by atoms with E-state index >= 15 is 0 Å². The van der Waals surface area contributed by atoms with Gasteiger partial charge in [0.15, 0.2) is 5.09 Å². The Morgan fingerprint density at radius 3 is 1.97 bits per heavy atom. The maximum atomic E-state index is 11.9. The Hall–Kier alpha value is -1.02. The normalized spacial score (nSPS) is 13.2. The molecule has 0 aromatic heterocycles. The molecule has 4 aromatic rings. The number of fused-ring (bicyclic) bond motifs is 3. The molecule has 1 heterocycles. The van der Waals surface area contributed by atoms with Crippen molar-refractivity contribution in [3.05, 3.63) is 107 Å². The number of para-hydroxylation sites is 2. The van der Waals surface area contributed by atoms with Gasteiger partial charge in [-0.25, -0.2) is 0 Å². The maximum Gasteiger partial charge on any atom is 1.00 e. The Balaban J connectivity index is 0.00000144. The first kappa shape index (κ1) is 30.2. The molecule has 0 saturated heterocycles.